The van der Waals surface area contributed by atoms with Crippen LogP contribution in [0.3, 0.4) is 0 Å². The second kappa shape index (κ2) is 2.73. The van der Waals surface area contributed by atoms with Gasteiger partial charge in [0.2, 0.25) is 0 Å². The number of anilines is 1. The Morgan fingerprint density at radius 1 is 1.18 bits per heavy atom. The maximum atomic E-state index is 12.5. The maximum absolute atomic E-state index is 12.5. The van der Waals surface area contributed by atoms with Crippen LogP contribution in [0.15, 0.2) is 10.5 Å². The van der Waals surface area contributed by atoms with E-state index in [4.69, 9.17) is 5.73 Å². The minimum Gasteiger partial charge on any atom is -0.395 e. The maximum Gasteiger partial charge on any atom is 0.175 e. The van der Waals surface area contributed by atoms with Crippen LogP contribution in [0.25, 0.3) is 0 Å². The van der Waals surface area contributed by atoms with Crippen molar-refractivity contribution in [1.82, 2.24) is 0 Å². The molecule has 1 rings (SSSR count). The van der Waals surface area contributed by atoms with Crippen molar-refractivity contribution >= 4 is 21.6 Å². The van der Waals surface area contributed by atoms with E-state index < -0.39 is 23.1 Å². The molecule has 1 aromatic carbocycles. The Morgan fingerprint density at radius 3 is 2.27 bits per heavy atom. The van der Waals surface area contributed by atoms with Crippen LogP contribution >= 0.6 is 15.9 Å². The number of benzene rings is 1. The van der Waals surface area contributed by atoms with Crippen molar-refractivity contribution in [1.29, 1.82) is 0 Å². The summed E-state index contributed by atoms with van der Waals surface area (Å²) in [6.07, 6.45) is 0. The fourth-order valence-corrected chi connectivity index (χ4v) is 0.959. The molecule has 0 aromatic heterocycles. The molecule has 0 aliphatic rings. The lowest BCUT2D eigenvalue weighted by Crippen LogP contribution is -1.97. The molecule has 0 aliphatic carbocycles. The fourth-order valence-electron chi connectivity index (χ4n) is 0.580. The first-order valence-corrected chi connectivity index (χ1v) is 3.41. The highest BCUT2D eigenvalue weighted by atomic mass is 79.9. The zero-order chi connectivity index (χ0) is 8.59. The summed E-state index contributed by atoms with van der Waals surface area (Å²) >= 11 is 2.60. The first-order chi connectivity index (χ1) is 5.04. The van der Waals surface area contributed by atoms with Crippen molar-refractivity contribution in [2.75, 3.05) is 5.73 Å². The predicted molar refractivity (Wildman–Crippen MR) is 38.4 cm³/mol. The Kier molecular flexibility index (Phi) is 2.08. The molecule has 1 aromatic rings. The molecule has 0 unspecified atom stereocenters. The van der Waals surface area contributed by atoms with Gasteiger partial charge in [0, 0.05) is 6.07 Å². The lowest BCUT2D eigenvalue weighted by Gasteiger charge is -2.01. The smallest absolute Gasteiger partial charge is 0.175 e. The van der Waals surface area contributed by atoms with Gasteiger partial charge in [0.1, 0.15) is 5.82 Å². The number of halogens is 4. The Labute approximate surface area is 69.1 Å². The van der Waals surface area contributed by atoms with Crippen LogP contribution in [0, 0.1) is 17.5 Å². The fraction of sp³-hybridized carbons (Fsp3) is 0. The lowest BCUT2D eigenvalue weighted by atomic mass is 10.3. The SMILES string of the molecule is Nc1c(F)cc(F)c(F)c1Br. The van der Waals surface area contributed by atoms with Gasteiger partial charge in [-0.25, -0.2) is 13.2 Å². The number of rotatable bonds is 0. The molecule has 0 fully saturated rings. The molecule has 0 bridgehead atoms. The van der Waals surface area contributed by atoms with E-state index in [0.717, 1.165) is 0 Å². The van der Waals surface area contributed by atoms with Crippen LogP contribution in [0.2, 0.25) is 0 Å². The Bertz CT molecular complexity index is 274. The van der Waals surface area contributed by atoms with Gasteiger partial charge in [-0.15, -0.1) is 0 Å². The minimum absolute atomic E-state index is 0.380. The van der Waals surface area contributed by atoms with Gasteiger partial charge in [0.25, 0.3) is 0 Å². The summed E-state index contributed by atoms with van der Waals surface area (Å²) in [7, 11) is 0. The summed E-state index contributed by atoms with van der Waals surface area (Å²) in [6, 6.07) is 0.398. The molecular weight excluding hydrogens is 223 g/mol. The summed E-state index contributed by atoms with van der Waals surface area (Å²) in [5.74, 6) is -3.41. The number of nitrogen functional groups attached to an aromatic ring is 1. The number of nitrogens with two attached hydrogens (primary N) is 1. The van der Waals surface area contributed by atoms with Gasteiger partial charge >= 0.3 is 0 Å². The molecule has 1 nitrogen and oxygen atoms in total. The summed E-state index contributed by atoms with van der Waals surface area (Å²) in [4.78, 5) is 0. The van der Waals surface area contributed by atoms with Gasteiger partial charge in [-0.05, 0) is 15.9 Å². The molecule has 11 heavy (non-hydrogen) atoms. The van der Waals surface area contributed by atoms with Crippen LogP contribution in [-0.4, -0.2) is 0 Å². The number of hydrogen-bond acceptors (Lipinski definition) is 1. The first-order valence-electron chi connectivity index (χ1n) is 2.62. The topological polar surface area (TPSA) is 26.0 Å². The Balaban J connectivity index is 3.46. The molecule has 0 radical (unpaired) electrons. The van der Waals surface area contributed by atoms with Gasteiger partial charge in [-0.2, -0.15) is 0 Å². The molecular formula is C6H3BrF3N. The zero-order valence-corrected chi connectivity index (χ0v) is 6.75. The third kappa shape index (κ3) is 1.33. The van der Waals surface area contributed by atoms with Gasteiger partial charge in [-0.3, -0.25) is 0 Å². The minimum atomic E-state index is -1.26. The second-order valence-corrected chi connectivity index (χ2v) is 2.67. The van der Waals surface area contributed by atoms with Gasteiger partial charge in [0.05, 0.1) is 10.2 Å². The van der Waals surface area contributed by atoms with Crippen LogP contribution in [0.4, 0.5) is 18.9 Å². The molecule has 0 spiro atoms. The lowest BCUT2D eigenvalue weighted by molar-refractivity contribution is 0.492. The van der Waals surface area contributed by atoms with Crippen molar-refractivity contribution in [3.63, 3.8) is 0 Å². The van der Waals surface area contributed by atoms with E-state index in [1.54, 1.807) is 0 Å². The second-order valence-electron chi connectivity index (χ2n) is 1.88. The molecule has 60 valence electrons. The first kappa shape index (κ1) is 8.39. The molecule has 2 N–H and O–H groups in total. The van der Waals surface area contributed by atoms with E-state index >= 15 is 0 Å². The standard InChI is InChI=1S/C6H3BrF3N/c7-4-5(10)2(8)1-3(9)6(4)11/h1H,11H2. The van der Waals surface area contributed by atoms with Crippen molar-refractivity contribution in [3.8, 4) is 0 Å². The molecule has 0 heterocycles. The van der Waals surface area contributed by atoms with Crippen molar-refractivity contribution in [2.45, 2.75) is 0 Å². The van der Waals surface area contributed by atoms with Crippen molar-refractivity contribution in [2.24, 2.45) is 0 Å². The Hall–Kier alpha value is -0.710. The van der Waals surface area contributed by atoms with Gasteiger partial charge in [0.15, 0.2) is 11.6 Å². The zero-order valence-electron chi connectivity index (χ0n) is 5.17. The van der Waals surface area contributed by atoms with Gasteiger partial charge < -0.3 is 5.73 Å². The average molecular weight is 226 g/mol. The van der Waals surface area contributed by atoms with E-state index in [0.29, 0.717) is 6.07 Å². The third-order valence-electron chi connectivity index (χ3n) is 1.15. The highest BCUT2D eigenvalue weighted by molar-refractivity contribution is 9.10. The van der Waals surface area contributed by atoms with Crippen molar-refractivity contribution < 1.29 is 13.2 Å². The van der Waals surface area contributed by atoms with Crippen LogP contribution in [-0.2, 0) is 0 Å². The van der Waals surface area contributed by atoms with E-state index in [2.05, 4.69) is 15.9 Å². The predicted octanol–water partition coefficient (Wildman–Crippen LogP) is 2.45. The van der Waals surface area contributed by atoms with Crippen molar-refractivity contribution in [3.05, 3.63) is 28.0 Å². The molecule has 0 atom stereocenters. The van der Waals surface area contributed by atoms with Crippen LogP contribution < -0.4 is 5.73 Å². The highest BCUT2D eigenvalue weighted by Crippen LogP contribution is 2.27. The van der Waals surface area contributed by atoms with Crippen LogP contribution in [0.5, 0.6) is 0 Å². The summed E-state index contributed by atoms with van der Waals surface area (Å²) in [5, 5.41) is 0. The van der Waals surface area contributed by atoms with E-state index in [9.17, 15) is 13.2 Å². The monoisotopic (exact) mass is 225 g/mol. The molecule has 0 saturated heterocycles. The van der Waals surface area contributed by atoms with Crippen LogP contribution in [0.1, 0.15) is 0 Å². The van der Waals surface area contributed by atoms with E-state index in [1.807, 2.05) is 0 Å². The van der Waals surface area contributed by atoms with E-state index in [1.165, 1.54) is 0 Å². The molecule has 0 aliphatic heterocycles. The summed E-state index contributed by atoms with van der Waals surface area (Å²) in [5.41, 5.74) is 4.60. The third-order valence-corrected chi connectivity index (χ3v) is 1.92. The quantitative estimate of drug-likeness (QED) is 0.410. The van der Waals surface area contributed by atoms with Gasteiger partial charge in [-0.1, -0.05) is 0 Å². The summed E-state index contributed by atoms with van der Waals surface area (Å²) < 4.78 is 36.9. The number of hydrogen-bond donors (Lipinski definition) is 1. The summed E-state index contributed by atoms with van der Waals surface area (Å²) in [6.45, 7) is 0. The average Bonchev–Trinajstić information content (AvgIpc) is 1.97. The highest BCUT2D eigenvalue weighted by Gasteiger charge is 2.13. The Morgan fingerprint density at radius 2 is 1.73 bits per heavy atom. The molecule has 5 heteroatoms. The molecule has 0 amide bonds. The van der Waals surface area contributed by atoms with E-state index in [-0.39, 0.29) is 4.47 Å². The molecule has 0 saturated carbocycles. The largest absolute Gasteiger partial charge is 0.395 e. The normalized spacial score (nSPS) is 10.2.